The van der Waals surface area contributed by atoms with Gasteiger partial charge in [-0.25, -0.2) is 0 Å². The van der Waals surface area contributed by atoms with Gasteiger partial charge in [-0.1, -0.05) is 30.3 Å². The minimum absolute atomic E-state index is 0.0373. The van der Waals surface area contributed by atoms with Gasteiger partial charge in [0.25, 0.3) is 5.91 Å². The molecular formula is C15H19NO2. The molecule has 2 atom stereocenters. The van der Waals surface area contributed by atoms with Crippen LogP contribution in [0, 0.1) is 0 Å². The van der Waals surface area contributed by atoms with Crippen LogP contribution < -0.4 is 0 Å². The molecule has 2 aliphatic heterocycles. The van der Waals surface area contributed by atoms with Crippen LogP contribution in [0.15, 0.2) is 30.3 Å². The quantitative estimate of drug-likeness (QED) is 0.763. The van der Waals surface area contributed by atoms with Gasteiger partial charge in [0, 0.05) is 12.1 Å². The summed E-state index contributed by atoms with van der Waals surface area (Å²) in [7, 11) is 0. The molecule has 0 bridgehead atoms. The Morgan fingerprint density at radius 3 is 2.83 bits per heavy atom. The van der Waals surface area contributed by atoms with Crippen LogP contribution in [0.1, 0.15) is 25.3 Å². The summed E-state index contributed by atoms with van der Waals surface area (Å²) in [5, 5.41) is 0. The molecule has 0 radical (unpaired) electrons. The van der Waals surface area contributed by atoms with Crippen LogP contribution >= 0.6 is 0 Å². The van der Waals surface area contributed by atoms with E-state index < -0.39 is 0 Å². The molecule has 3 rings (SSSR count). The average molecular weight is 245 g/mol. The van der Waals surface area contributed by atoms with Crippen molar-refractivity contribution >= 4 is 5.91 Å². The van der Waals surface area contributed by atoms with E-state index in [4.69, 9.17) is 4.74 Å². The lowest BCUT2D eigenvalue weighted by molar-refractivity contribution is -0.136. The fourth-order valence-corrected chi connectivity index (χ4v) is 2.98. The summed E-state index contributed by atoms with van der Waals surface area (Å²) in [5.41, 5.74) is 1.26. The highest BCUT2D eigenvalue weighted by atomic mass is 16.6. The van der Waals surface area contributed by atoms with Crippen molar-refractivity contribution in [2.24, 2.45) is 0 Å². The lowest BCUT2D eigenvalue weighted by atomic mass is 9.90. The monoisotopic (exact) mass is 245 g/mol. The van der Waals surface area contributed by atoms with Crippen molar-refractivity contribution in [1.82, 2.24) is 4.90 Å². The highest BCUT2D eigenvalue weighted by molar-refractivity contribution is 5.84. The van der Waals surface area contributed by atoms with Crippen LogP contribution in [0.25, 0.3) is 0 Å². The first-order valence-corrected chi connectivity index (χ1v) is 6.66. The second-order valence-corrected chi connectivity index (χ2v) is 5.57. The Labute approximate surface area is 108 Å². The number of carbonyl (C=O) groups is 1. The Balaban J connectivity index is 1.77. The Morgan fingerprint density at radius 2 is 2.17 bits per heavy atom. The molecule has 2 aliphatic rings. The van der Waals surface area contributed by atoms with Gasteiger partial charge in [0.2, 0.25) is 0 Å². The van der Waals surface area contributed by atoms with E-state index in [1.165, 1.54) is 5.56 Å². The first kappa shape index (κ1) is 11.7. The summed E-state index contributed by atoms with van der Waals surface area (Å²) in [5.74, 6) is 0.186. The third kappa shape index (κ3) is 2.15. The number of rotatable bonds is 3. The number of nitrogens with zero attached hydrogens (tertiary/aromatic N) is 1. The summed E-state index contributed by atoms with van der Waals surface area (Å²) < 4.78 is 5.14. The first-order valence-electron chi connectivity index (χ1n) is 6.66. The minimum atomic E-state index is -0.154. The molecule has 2 fully saturated rings. The van der Waals surface area contributed by atoms with Crippen LogP contribution in [0.4, 0.5) is 0 Å². The minimum Gasteiger partial charge on any atom is -0.363 e. The SMILES string of the molecule is CC1(Cc2ccccc2)CCCN1C(=O)C1CO1. The summed E-state index contributed by atoms with van der Waals surface area (Å²) in [6.45, 7) is 3.69. The summed E-state index contributed by atoms with van der Waals surface area (Å²) in [6, 6.07) is 10.4. The van der Waals surface area contributed by atoms with Crippen molar-refractivity contribution in [3.63, 3.8) is 0 Å². The van der Waals surface area contributed by atoms with E-state index >= 15 is 0 Å². The average Bonchev–Trinajstić information content (AvgIpc) is 3.14. The molecule has 0 spiro atoms. The molecule has 96 valence electrons. The van der Waals surface area contributed by atoms with Gasteiger partial charge in [-0.2, -0.15) is 0 Å². The summed E-state index contributed by atoms with van der Waals surface area (Å²) >= 11 is 0. The molecule has 0 aliphatic carbocycles. The zero-order valence-corrected chi connectivity index (χ0v) is 10.8. The fraction of sp³-hybridized carbons (Fsp3) is 0.533. The third-order valence-corrected chi connectivity index (χ3v) is 4.05. The van der Waals surface area contributed by atoms with Gasteiger partial charge in [0.05, 0.1) is 6.61 Å². The van der Waals surface area contributed by atoms with Crippen LogP contribution in [0.2, 0.25) is 0 Å². The van der Waals surface area contributed by atoms with Gasteiger partial charge in [0.15, 0.2) is 6.10 Å². The zero-order chi connectivity index (χ0) is 12.6. The number of hydrogen-bond donors (Lipinski definition) is 0. The zero-order valence-electron chi connectivity index (χ0n) is 10.8. The van der Waals surface area contributed by atoms with Gasteiger partial charge < -0.3 is 9.64 Å². The van der Waals surface area contributed by atoms with Gasteiger partial charge in [-0.15, -0.1) is 0 Å². The van der Waals surface area contributed by atoms with Gasteiger partial charge >= 0.3 is 0 Å². The highest BCUT2D eigenvalue weighted by Crippen LogP contribution is 2.34. The highest BCUT2D eigenvalue weighted by Gasteiger charge is 2.45. The van der Waals surface area contributed by atoms with Crippen LogP contribution in [0.3, 0.4) is 0 Å². The Bertz CT molecular complexity index is 441. The van der Waals surface area contributed by atoms with E-state index in [1.54, 1.807) is 0 Å². The number of hydrogen-bond acceptors (Lipinski definition) is 2. The van der Waals surface area contributed by atoms with Crippen molar-refractivity contribution < 1.29 is 9.53 Å². The number of epoxide rings is 1. The molecule has 2 heterocycles. The predicted octanol–water partition coefficient (Wildman–Crippen LogP) is 2.01. The van der Waals surface area contributed by atoms with Crippen molar-refractivity contribution in [1.29, 1.82) is 0 Å². The van der Waals surface area contributed by atoms with E-state index in [2.05, 4.69) is 31.2 Å². The van der Waals surface area contributed by atoms with Crippen molar-refractivity contribution in [3.8, 4) is 0 Å². The second-order valence-electron chi connectivity index (χ2n) is 5.57. The topological polar surface area (TPSA) is 32.8 Å². The molecule has 1 amide bonds. The molecular weight excluding hydrogens is 226 g/mol. The normalized spacial score (nSPS) is 30.5. The molecule has 1 aromatic rings. The van der Waals surface area contributed by atoms with E-state index in [1.807, 2.05) is 11.0 Å². The van der Waals surface area contributed by atoms with E-state index in [0.29, 0.717) is 6.61 Å². The fourth-order valence-electron chi connectivity index (χ4n) is 2.98. The largest absolute Gasteiger partial charge is 0.363 e. The molecule has 0 saturated carbocycles. The molecule has 2 unspecified atom stereocenters. The summed E-state index contributed by atoms with van der Waals surface area (Å²) in [6.07, 6.45) is 2.97. The first-order chi connectivity index (χ1) is 8.69. The number of likely N-dealkylation sites (tertiary alicyclic amines) is 1. The van der Waals surface area contributed by atoms with Crippen molar-refractivity contribution in [3.05, 3.63) is 35.9 Å². The number of ether oxygens (including phenoxy) is 1. The third-order valence-electron chi connectivity index (χ3n) is 4.05. The van der Waals surface area contributed by atoms with Crippen LogP contribution in [-0.4, -0.2) is 35.6 Å². The van der Waals surface area contributed by atoms with Crippen molar-refractivity contribution in [2.45, 2.75) is 37.8 Å². The smallest absolute Gasteiger partial charge is 0.254 e. The van der Waals surface area contributed by atoms with Crippen LogP contribution in [0.5, 0.6) is 0 Å². The van der Waals surface area contributed by atoms with Gasteiger partial charge in [-0.3, -0.25) is 4.79 Å². The predicted molar refractivity (Wildman–Crippen MR) is 69.2 cm³/mol. The van der Waals surface area contributed by atoms with Gasteiger partial charge in [-0.05, 0) is 31.7 Å². The standard InChI is InChI=1S/C15H19NO2/c1-15(10-12-6-3-2-4-7-12)8-5-9-16(15)14(17)13-11-18-13/h2-4,6-7,13H,5,8-11H2,1H3. The maximum absolute atomic E-state index is 12.2. The van der Waals surface area contributed by atoms with E-state index in [-0.39, 0.29) is 17.6 Å². The lowest BCUT2D eigenvalue weighted by Gasteiger charge is -2.35. The molecule has 1 aromatic carbocycles. The molecule has 0 N–H and O–H groups in total. The molecule has 18 heavy (non-hydrogen) atoms. The van der Waals surface area contributed by atoms with Gasteiger partial charge in [0.1, 0.15) is 0 Å². The maximum Gasteiger partial charge on any atom is 0.254 e. The molecule has 3 heteroatoms. The second kappa shape index (κ2) is 4.39. The lowest BCUT2D eigenvalue weighted by Crippen LogP contribution is -2.48. The Kier molecular flexibility index (Phi) is 2.86. The molecule has 3 nitrogen and oxygen atoms in total. The van der Waals surface area contributed by atoms with Crippen molar-refractivity contribution in [2.75, 3.05) is 13.2 Å². The van der Waals surface area contributed by atoms with E-state index in [0.717, 1.165) is 25.8 Å². The number of carbonyl (C=O) groups excluding carboxylic acids is 1. The summed E-state index contributed by atoms with van der Waals surface area (Å²) in [4.78, 5) is 14.3. The van der Waals surface area contributed by atoms with E-state index in [9.17, 15) is 4.79 Å². The molecule has 2 saturated heterocycles. The molecule has 0 aromatic heterocycles. The number of amides is 1. The Morgan fingerprint density at radius 1 is 1.44 bits per heavy atom. The van der Waals surface area contributed by atoms with Crippen LogP contribution in [-0.2, 0) is 16.0 Å². The Hall–Kier alpha value is -1.35. The number of benzene rings is 1. The maximum atomic E-state index is 12.2.